The highest BCUT2D eigenvalue weighted by Crippen LogP contribution is 2.29. The second-order valence-corrected chi connectivity index (χ2v) is 5.85. The van der Waals surface area contributed by atoms with Crippen LogP contribution in [0.1, 0.15) is 12.5 Å². The fraction of sp³-hybridized carbons (Fsp3) is 0.417. The van der Waals surface area contributed by atoms with Crippen molar-refractivity contribution in [3.05, 3.63) is 28.8 Å². The lowest BCUT2D eigenvalue weighted by atomic mass is 10.1. The maximum absolute atomic E-state index is 8.85. The predicted octanol–water partition coefficient (Wildman–Crippen LogP) is 2.38. The number of rotatable bonds is 2. The molecule has 0 aliphatic carbocycles. The third kappa shape index (κ3) is 2.67. The van der Waals surface area contributed by atoms with Crippen LogP contribution in [0, 0.1) is 0 Å². The summed E-state index contributed by atoms with van der Waals surface area (Å²) in [5, 5.41) is 12.6. The van der Waals surface area contributed by atoms with Crippen molar-refractivity contribution in [1.82, 2.24) is 0 Å². The summed E-state index contributed by atoms with van der Waals surface area (Å²) in [6.45, 7) is 3.11. The number of oxime groups is 1. The van der Waals surface area contributed by atoms with E-state index < -0.39 is 0 Å². The first-order chi connectivity index (χ1) is 8.63. The molecule has 0 spiro atoms. The molecule has 1 heterocycles. The molecule has 1 saturated heterocycles. The number of amidine groups is 1. The molecule has 1 fully saturated rings. The zero-order chi connectivity index (χ0) is 13.1. The molecule has 0 amide bonds. The highest BCUT2D eigenvalue weighted by atomic mass is 35.5. The molecule has 0 radical (unpaired) electrons. The number of halogens is 1. The quantitative estimate of drug-likeness (QED) is 0.379. The van der Waals surface area contributed by atoms with E-state index in [0.717, 1.165) is 29.3 Å². The van der Waals surface area contributed by atoms with E-state index in [1.165, 1.54) is 0 Å². The lowest BCUT2D eigenvalue weighted by molar-refractivity contribution is 0.318. The molecule has 0 bridgehead atoms. The van der Waals surface area contributed by atoms with Gasteiger partial charge >= 0.3 is 0 Å². The van der Waals surface area contributed by atoms with Crippen LogP contribution in [-0.4, -0.2) is 35.1 Å². The minimum atomic E-state index is 0.118. The van der Waals surface area contributed by atoms with Gasteiger partial charge in [0.2, 0.25) is 0 Å². The van der Waals surface area contributed by atoms with Gasteiger partial charge in [-0.3, -0.25) is 0 Å². The van der Waals surface area contributed by atoms with E-state index in [1.807, 2.05) is 17.8 Å². The van der Waals surface area contributed by atoms with Crippen LogP contribution in [0.5, 0.6) is 0 Å². The summed E-state index contributed by atoms with van der Waals surface area (Å²) >= 11 is 8.00. The summed E-state index contributed by atoms with van der Waals surface area (Å²) < 4.78 is 0. The number of hydrogen-bond donors (Lipinski definition) is 2. The van der Waals surface area contributed by atoms with E-state index in [2.05, 4.69) is 17.0 Å². The van der Waals surface area contributed by atoms with E-state index in [4.69, 9.17) is 22.5 Å². The average Bonchev–Trinajstić information content (AvgIpc) is 2.38. The highest BCUT2D eigenvalue weighted by molar-refractivity contribution is 7.99. The predicted molar refractivity (Wildman–Crippen MR) is 78.1 cm³/mol. The van der Waals surface area contributed by atoms with E-state index in [9.17, 15) is 0 Å². The third-order valence-corrected chi connectivity index (χ3v) is 4.44. The van der Waals surface area contributed by atoms with Gasteiger partial charge in [0.05, 0.1) is 0 Å². The average molecular weight is 286 g/mol. The van der Waals surface area contributed by atoms with Crippen molar-refractivity contribution < 1.29 is 5.21 Å². The third-order valence-electron chi connectivity index (χ3n) is 3.02. The molecular formula is C12H16ClN3OS. The molecule has 1 atom stereocenters. The molecule has 2 rings (SSSR count). The van der Waals surface area contributed by atoms with Crippen LogP contribution < -0.4 is 10.6 Å². The van der Waals surface area contributed by atoms with Crippen molar-refractivity contribution in [3.8, 4) is 0 Å². The molecule has 3 N–H and O–H groups in total. The Morgan fingerprint density at radius 3 is 3.06 bits per heavy atom. The summed E-state index contributed by atoms with van der Waals surface area (Å²) in [4.78, 5) is 2.26. The standard InChI is InChI=1S/C12H16ClN3OS/c1-8-7-18-5-4-16(8)11-6-9(13)2-3-10(11)12(14)15-17/h2-3,6,8,17H,4-5,7H2,1H3,(H2,14,15). The number of nitrogens with two attached hydrogens (primary N) is 1. The number of thioether (sulfide) groups is 1. The van der Waals surface area contributed by atoms with Gasteiger partial charge in [-0.05, 0) is 25.1 Å². The van der Waals surface area contributed by atoms with Crippen molar-refractivity contribution in [2.45, 2.75) is 13.0 Å². The largest absolute Gasteiger partial charge is 0.409 e. The fourth-order valence-corrected chi connectivity index (χ4v) is 3.28. The van der Waals surface area contributed by atoms with E-state index in [-0.39, 0.29) is 5.84 Å². The van der Waals surface area contributed by atoms with Gasteiger partial charge < -0.3 is 15.8 Å². The van der Waals surface area contributed by atoms with Crippen LogP contribution in [0.15, 0.2) is 23.4 Å². The summed E-state index contributed by atoms with van der Waals surface area (Å²) in [5.41, 5.74) is 7.38. The molecular weight excluding hydrogens is 270 g/mol. The summed E-state index contributed by atoms with van der Waals surface area (Å²) in [7, 11) is 0. The van der Waals surface area contributed by atoms with Gasteiger partial charge in [-0.1, -0.05) is 16.8 Å². The Labute approximate surface area is 116 Å². The van der Waals surface area contributed by atoms with E-state index in [1.54, 1.807) is 12.1 Å². The molecule has 18 heavy (non-hydrogen) atoms. The molecule has 1 aromatic carbocycles. The van der Waals surface area contributed by atoms with Crippen molar-refractivity contribution in [3.63, 3.8) is 0 Å². The minimum absolute atomic E-state index is 0.118. The van der Waals surface area contributed by atoms with Crippen LogP contribution in [0.3, 0.4) is 0 Å². The molecule has 1 unspecified atom stereocenters. The number of benzene rings is 1. The lowest BCUT2D eigenvalue weighted by Gasteiger charge is -2.36. The topological polar surface area (TPSA) is 61.8 Å². The zero-order valence-corrected chi connectivity index (χ0v) is 11.7. The first-order valence-electron chi connectivity index (χ1n) is 5.75. The van der Waals surface area contributed by atoms with Gasteiger partial charge in [-0.25, -0.2) is 0 Å². The van der Waals surface area contributed by atoms with Gasteiger partial charge in [0, 0.05) is 40.4 Å². The molecule has 0 aromatic heterocycles. The Morgan fingerprint density at radius 1 is 1.61 bits per heavy atom. The summed E-state index contributed by atoms with van der Waals surface area (Å²) in [5.74, 6) is 2.27. The van der Waals surface area contributed by atoms with Crippen molar-refractivity contribution in [1.29, 1.82) is 0 Å². The van der Waals surface area contributed by atoms with Crippen LogP contribution in [0.4, 0.5) is 5.69 Å². The normalized spacial score (nSPS) is 21.1. The molecule has 1 aliphatic rings. The SMILES string of the molecule is CC1CSCCN1c1cc(Cl)ccc1C(N)=NO. The van der Waals surface area contributed by atoms with Crippen molar-refractivity contribution in [2.24, 2.45) is 10.9 Å². The number of hydrogen-bond acceptors (Lipinski definition) is 4. The Balaban J connectivity index is 2.44. The molecule has 1 aliphatic heterocycles. The second-order valence-electron chi connectivity index (χ2n) is 4.26. The minimum Gasteiger partial charge on any atom is -0.409 e. The summed E-state index contributed by atoms with van der Waals surface area (Å²) in [6.07, 6.45) is 0. The van der Waals surface area contributed by atoms with Crippen molar-refractivity contribution in [2.75, 3.05) is 23.0 Å². The first kappa shape index (κ1) is 13.4. The Bertz CT molecular complexity index is 467. The zero-order valence-electron chi connectivity index (χ0n) is 10.1. The monoisotopic (exact) mass is 285 g/mol. The van der Waals surface area contributed by atoms with Crippen LogP contribution in [0.25, 0.3) is 0 Å². The number of anilines is 1. The van der Waals surface area contributed by atoms with Gasteiger partial charge in [0.25, 0.3) is 0 Å². The van der Waals surface area contributed by atoms with Crippen LogP contribution in [0.2, 0.25) is 5.02 Å². The van der Waals surface area contributed by atoms with Gasteiger partial charge in [-0.15, -0.1) is 0 Å². The fourth-order valence-electron chi connectivity index (χ4n) is 2.10. The van der Waals surface area contributed by atoms with E-state index >= 15 is 0 Å². The summed E-state index contributed by atoms with van der Waals surface area (Å²) in [6, 6.07) is 5.83. The highest BCUT2D eigenvalue weighted by Gasteiger charge is 2.22. The lowest BCUT2D eigenvalue weighted by Crippen LogP contribution is -2.41. The van der Waals surface area contributed by atoms with Gasteiger partial charge in [0.15, 0.2) is 5.84 Å². The van der Waals surface area contributed by atoms with Crippen LogP contribution >= 0.6 is 23.4 Å². The Morgan fingerprint density at radius 2 is 2.39 bits per heavy atom. The van der Waals surface area contributed by atoms with Gasteiger partial charge in [-0.2, -0.15) is 11.8 Å². The molecule has 4 nitrogen and oxygen atoms in total. The van der Waals surface area contributed by atoms with Gasteiger partial charge in [0.1, 0.15) is 0 Å². The van der Waals surface area contributed by atoms with Crippen molar-refractivity contribution >= 4 is 34.9 Å². The molecule has 98 valence electrons. The Kier molecular flexibility index (Phi) is 4.24. The smallest absolute Gasteiger partial charge is 0.172 e. The number of nitrogens with zero attached hydrogens (tertiary/aromatic N) is 2. The Hall–Kier alpha value is -1.07. The maximum Gasteiger partial charge on any atom is 0.172 e. The molecule has 0 saturated carbocycles. The van der Waals surface area contributed by atoms with E-state index in [0.29, 0.717) is 11.1 Å². The molecule has 1 aromatic rings. The van der Waals surface area contributed by atoms with Crippen LogP contribution in [-0.2, 0) is 0 Å². The maximum atomic E-state index is 8.85. The first-order valence-corrected chi connectivity index (χ1v) is 7.28. The molecule has 6 heteroatoms. The second kappa shape index (κ2) is 5.71.